The van der Waals surface area contributed by atoms with E-state index in [0.717, 1.165) is 10.0 Å². The molecular weight excluding hydrogens is 309 g/mol. The number of phenols is 1. The molecule has 0 fully saturated rings. The van der Waals surface area contributed by atoms with Crippen molar-refractivity contribution in [3.8, 4) is 5.75 Å². The summed E-state index contributed by atoms with van der Waals surface area (Å²) < 4.78 is 14.2. The Morgan fingerprint density at radius 3 is 2.68 bits per heavy atom. The Bertz CT molecular complexity index is 574. The maximum atomic E-state index is 13.2. The standard InChI is InChI=1S/C15H15BrFNO/c1-10(12-6-2-3-7-13(12)16)18-9-11-5-4-8-14(17)15(11)19/h2-8,10,18-19H,9H2,1H3/t10-/m1/s1. The Balaban J connectivity index is 2.07. The van der Waals surface area contributed by atoms with E-state index in [0.29, 0.717) is 12.1 Å². The molecule has 2 rings (SSSR count). The van der Waals surface area contributed by atoms with Crippen molar-refractivity contribution in [2.45, 2.75) is 19.5 Å². The van der Waals surface area contributed by atoms with Crippen LogP contribution in [0.3, 0.4) is 0 Å². The summed E-state index contributed by atoms with van der Waals surface area (Å²) in [6.45, 7) is 2.43. The predicted octanol–water partition coefficient (Wildman–Crippen LogP) is 4.14. The Morgan fingerprint density at radius 2 is 1.95 bits per heavy atom. The van der Waals surface area contributed by atoms with Gasteiger partial charge in [-0.15, -0.1) is 0 Å². The van der Waals surface area contributed by atoms with Crippen LogP contribution in [0.1, 0.15) is 24.1 Å². The summed E-state index contributed by atoms with van der Waals surface area (Å²) in [5, 5.41) is 12.9. The topological polar surface area (TPSA) is 32.3 Å². The van der Waals surface area contributed by atoms with E-state index in [1.165, 1.54) is 6.07 Å². The second-order valence-corrected chi connectivity index (χ2v) is 5.23. The SMILES string of the molecule is C[C@@H](NCc1cccc(F)c1O)c1ccccc1Br. The van der Waals surface area contributed by atoms with Gasteiger partial charge in [0.25, 0.3) is 0 Å². The predicted molar refractivity (Wildman–Crippen MR) is 77.5 cm³/mol. The van der Waals surface area contributed by atoms with Gasteiger partial charge in [-0.2, -0.15) is 0 Å². The Kier molecular flexibility index (Phi) is 4.56. The molecule has 0 aromatic heterocycles. The summed E-state index contributed by atoms with van der Waals surface area (Å²) in [6, 6.07) is 12.6. The first kappa shape index (κ1) is 14.0. The van der Waals surface area contributed by atoms with Crippen molar-refractivity contribution in [1.82, 2.24) is 5.32 Å². The second-order valence-electron chi connectivity index (χ2n) is 4.37. The van der Waals surface area contributed by atoms with Crippen molar-refractivity contribution in [2.24, 2.45) is 0 Å². The van der Waals surface area contributed by atoms with Crippen LogP contribution in [0.4, 0.5) is 4.39 Å². The maximum absolute atomic E-state index is 13.2. The van der Waals surface area contributed by atoms with E-state index in [1.54, 1.807) is 12.1 Å². The molecule has 2 aromatic carbocycles. The number of aromatic hydroxyl groups is 1. The van der Waals surface area contributed by atoms with Gasteiger partial charge in [-0.3, -0.25) is 0 Å². The highest BCUT2D eigenvalue weighted by atomic mass is 79.9. The van der Waals surface area contributed by atoms with E-state index in [4.69, 9.17) is 0 Å². The molecule has 0 bridgehead atoms. The van der Waals surface area contributed by atoms with Crippen LogP contribution in [-0.4, -0.2) is 5.11 Å². The fraction of sp³-hybridized carbons (Fsp3) is 0.200. The Labute approximate surface area is 120 Å². The van der Waals surface area contributed by atoms with E-state index in [9.17, 15) is 9.50 Å². The van der Waals surface area contributed by atoms with Crippen LogP contribution in [0, 0.1) is 5.82 Å². The van der Waals surface area contributed by atoms with Gasteiger partial charge in [-0.1, -0.05) is 46.3 Å². The molecule has 2 N–H and O–H groups in total. The normalized spacial score (nSPS) is 12.4. The lowest BCUT2D eigenvalue weighted by molar-refractivity contribution is 0.420. The summed E-state index contributed by atoms with van der Waals surface area (Å²) in [5.74, 6) is -0.873. The molecule has 1 atom stereocenters. The number of nitrogens with one attached hydrogen (secondary N) is 1. The molecular formula is C15H15BrFNO. The lowest BCUT2D eigenvalue weighted by Gasteiger charge is -2.16. The first-order valence-electron chi connectivity index (χ1n) is 6.03. The Hall–Kier alpha value is -1.39. The third-order valence-corrected chi connectivity index (χ3v) is 3.76. The highest BCUT2D eigenvalue weighted by Gasteiger charge is 2.10. The van der Waals surface area contributed by atoms with Gasteiger partial charge in [0.05, 0.1) is 0 Å². The number of halogens is 2. The number of hydrogen-bond donors (Lipinski definition) is 2. The van der Waals surface area contributed by atoms with Crippen LogP contribution in [0.15, 0.2) is 46.9 Å². The van der Waals surface area contributed by atoms with Crippen molar-refractivity contribution < 1.29 is 9.50 Å². The summed E-state index contributed by atoms with van der Waals surface area (Å²) in [7, 11) is 0. The molecule has 0 unspecified atom stereocenters. The van der Waals surface area contributed by atoms with Gasteiger partial charge in [-0.05, 0) is 24.6 Å². The zero-order valence-electron chi connectivity index (χ0n) is 10.5. The molecule has 4 heteroatoms. The molecule has 0 saturated carbocycles. The van der Waals surface area contributed by atoms with Crippen molar-refractivity contribution in [2.75, 3.05) is 0 Å². The zero-order chi connectivity index (χ0) is 13.8. The Morgan fingerprint density at radius 1 is 1.21 bits per heavy atom. The van der Waals surface area contributed by atoms with Crippen molar-refractivity contribution in [3.63, 3.8) is 0 Å². The van der Waals surface area contributed by atoms with E-state index in [-0.39, 0.29) is 11.8 Å². The van der Waals surface area contributed by atoms with Crippen molar-refractivity contribution >= 4 is 15.9 Å². The number of rotatable bonds is 4. The molecule has 19 heavy (non-hydrogen) atoms. The van der Waals surface area contributed by atoms with E-state index < -0.39 is 5.82 Å². The lowest BCUT2D eigenvalue weighted by atomic mass is 10.1. The minimum atomic E-state index is -0.590. The molecule has 0 spiro atoms. The van der Waals surface area contributed by atoms with Gasteiger partial charge in [0.2, 0.25) is 0 Å². The second kappa shape index (κ2) is 6.17. The van der Waals surface area contributed by atoms with Crippen molar-refractivity contribution in [3.05, 3.63) is 63.9 Å². The van der Waals surface area contributed by atoms with Crippen LogP contribution in [-0.2, 0) is 6.54 Å². The average Bonchev–Trinajstić information content (AvgIpc) is 2.40. The van der Waals surface area contributed by atoms with Gasteiger partial charge in [0.15, 0.2) is 11.6 Å². The molecule has 0 saturated heterocycles. The van der Waals surface area contributed by atoms with Crippen molar-refractivity contribution in [1.29, 1.82) is 0 Å². The van der Waals surface area contributed by atoms with Crippen LogP contribution in [0.25, 0.3) is 0 Å². The molecule has 0 aliphatic carbocycles. The molecule has 100 valence electrons. The number of para-hydroxylation sites is 1. The molecule has 0 aliphatic rings. The van der Waals surface area contributed by atoms with Crippen LogP contribution >= 0.6 is 15.9 Å². The van der Waals surface area contributed by atoms with Gasteiger partial charge in [0.1, 0.15) is 0 Å². The minimum Gasteiger partial charge on any atom is -0.505 e. The van der Waals surface area contributed by atoms with Crippen LogP contribution < -0.4 is 5.32 Å². The third-order valence-electron chi connectivity index (χ3n) is 3.04. The molecule has 0 heterocycles. The zero-order valence-corrected chi connectivity index (χ0v) is 12.1. The summed E-state index contributed by atoms with van der Waals surface area (Å²) >= 11 is 3.50. The molecule has 0 aliphatic heterocycles. The molecule has 2 nitrogen and oxygen atoms in total. The number of hydrogen-bond acceptors (Lipinski definition) is 2. The average molecular weight is 324 g/mol. The largest absolute Gasteiger partial charge is 0.505 e. The van der Waals surface area contributed by atoms with Crippen LogP contribution in [0.2, 0.25) is 0 Å². The van der Waals surface area contributed by atoms with Gasteiger partial charge in [-0.25, -0.2) is 4.39 Å². The molecule has 0 radical (unpaired) electrons. The highest BCUT2D eigenvalue weighted by Crippen LogP contribution is 2.25. The van der Waals surface area contributed by atoms with Crippen LogP contribution in [0.5, 0.6) is 5.75 Å². The summed E-state index contributed by atoms with van der Waals surface area (Å²) in [4.78, 5) is 0. The number of phenolic OH excluding ortho intramolecular Hbond substituents is 1. The monoisotopic (exact) mass is 323 g/mol. The first-order valence-corrected chi connectivity index (χ1v) is 6.83. The fourth-order valence-corrected chi connectivity index (χ4v) is 2.53. The van der Waals surface area contributed by atoms with Gasteiger partial charge < -0.3 is 10.4 Å². The maximum Gasteiger partial charge on any atom is 0.165 e. The van der Waals surface area contributed by atoms with E-state index in [1.807, 2.05) is 31.2 Å². The first-order chi connectivity index (χ1) is 9.09. The molecule has 0 amide bonds. The lowest BCUT2D eigenvalue weighted by Crippen LogP contribution is -2.18. The third kappa shape index (κ3) is 3.33. The fourth-order valence-electron chi connectivity index (χ4n) is 1.90. The summed E-state index contributed by atoms with van der Waals surface area (Å²) in [5.41, 5.74) is 1.68. The summed E-state index contributed by atoms with van der Waals surface area (Å²) in [6.07, 6.45) is 0. The smallest absolute Gasteiger partial charge is 0.165 e. The van der Waals surface area contributed by atoms with Gasteiger partial charge in [0, 0.05) is 22.6 Å². The van der Waals surface area contributed by atoms with Gasteiger partial charge >= 0.3 is 0 Å². The van der Waals surface area contributed by atoms with E-state index >= 15 is 0 Å². The highest BCUT2D eigenvalue weighted by molar-refractivity contribution is 9.10. The number of benzene rings is 2. The minimum absolute atomic E-state index is 0.0956. The van der Waals surface area contributed by atoms with E-state index in [2.05, 4.69) is 21.2 Å². The quantitative estimate of drug-likeness (QED) is 0.886. The molecule has 2 aromatic rings.